The van der Waals surface area contributed by atoms with Crippen molar-refractivity contribution in [1.29, 1.82) is 0 Å². The van der Waals surface area contributed by atoms with E-state index in [1.165, 1.54) is 10.5 Å². The monoisotopic (exact) mass is 383 g/mol. The molecule has 0 saturated carbocycles. The fourth-order valence-electron chi connectivity index (χ4n) is 4.08. The van der Waals surface area contributed by atoms with Crippen LogP contribution in [0.4, 0.5) is 0 Å². The molecule has 2 N–H and O–H groups in total. The van der Waals surface area contributed by atoms with Crippen LogP contribution < -0.4 is 9.62 Å². The highest BCUT2D eigenvalue weighted by Crippen LogP contribution is 2.29. The van der Waals surface area contributed by atoms with Gasteiger partial charge in [0.1, 0.15) is 25.3 Å². The van der Waals surface area contributed by atoms with E-state index < -0.39 is 10.0 Å². The number of morpholine rings is 1. The molecule has 0 radical (unpaired) electrons. The van der Waals surface area contributed by atoms with Gasteiger partial charge in [-0.3, -0.25) is 0 Å². The summed E-state index contributed by atoms with van der Waals surface area (Å²) in [7, 11) is -3.49. The predicted octanol–water partition coefficient (Wildman–Crippen LogP) is 1.59. The van der Waals surface area contributed by atoms with Crippen LogP contribution in [0.3, 0.4) is 0 Å². The van der Waals surface area contributed by atoms with Gasteiger partial charge >= 0.3 is 0 Å². The molecule has 26 heavy (non-hydrogen) atoms. The molecule has 1 fully saturated rings. The van der Waals surface area contributed by atoms with Gasteiger partial charge in [-0.15, -0.1) is 0 Å². The molecule has 1 saturated heterocycles. The van der Waals surface area contributed by atoms with Crippen molar-refractivity contribution in [2.45, 2.75) is 72.0 Å². The van der Waals surface area contributed by atoms with Gasteiger partial charge in [-0.25, -0.2) is 13.1 Å². The standard InChI is InChI=1S/C20H34N2O3S/c1-13-11-22(12-14(2)25-13)10-8-9-21-26(23,24)20-18(6)16(4)15(3)17(5)19(20)7/h13-14,21H,8-12H2,1-7H3/p+1/t13-,14-/m0/s1. The first-order valence-corrected chi connectivity index (χ1v) is 11.1. The fourth-order valence-corrected chi connectivity index (χ4v) is 5.75. The molecule has 0 spiro atoms. The zero-order valence-electron chi connectivity index (χ0n) is 17.3. The van der Waals surface area contributed by atoms with Gasteiger partial charge in [0.2, 0.25) is 10.0 Å². The van der Waals surface area contributed by atoms with Crippen molar-refractivity contribution in [3.05, 3.63) is 27.8 Å². The quantitative estimate of drug-likeness (QED) is 0.734. The van der Waals surface area contributed by atoms with Crippen molar-refractivity contribution in [1.82, 2.24) is 4.72 Å². The van der Waals surface area contributed by atoms with E-state index in [0.29, 0.717) is 11.4 Å². The molecule has 1 aliphatic heterocycles. The molecule has 0 aromatic heterocycles. The summed E-state index contributed by atoms with van der Waals surface area (Å²) in [5.74, 6) is 0. The van der Waals surface area contributed by atoms with E-state index in [2.05, 4.69) is 25.5 Å². The molecule has 1 heterocycles. The summed E-state index contributed by atoms with van der Waals surface area (Å²) in [6.07, 6.45) is 1.37. The Labute approximate surface area is 159 Å². The topological polar surface area (TPSA) is 59.8 Å². The molecule has 148 valence electrons. The van der Waals surface area contributed by atoms with Crippen LogP contribution >= 0.6 is 0 Å². The molecule has 6 heteroatoms. The van der Waals surface area contributed by atoms with E-state index in [1.807, 2.05) is 27.7 Å². The number of nitrogens with one attached hydrogen (secondary N) is 2. The number of rotatable bonds is 6. The first-order chi connectivity index (χ1) is 12.0. The fraction of sp³-hybridized carbons (Fsp3) is 0.700. The summed E-state index contributed by atoms with van der Waals surface area (Å²) in [5, 5.41) is 0. The zero-order valence-corrected chi connectivity index (χ0v) is 18.1. The first kappa shape index (κ1) is 21.4. The minimum absolute atomic E-state index is 0.272. The van der Waals surface area contributed by atoms with Gasteiger partial charge < -0.3 is 9.64 Å². The highest BCUT2D eigenvalue weighted by Gasteiger charge is 2.26. The number of sulfonamides is 1. The van der Waals surface area contributed by atoms with Crippen LogP contribution in [0.5, 0.6) is 0 Å². The van der Waals surface area contributed by atoms with Crippen LogP contribution in [-0.2, 0) is 14.8 Å². The Balaban J connectivity index is 2.02. The molecule has 5 nitrogen and oxygen atoms in total. The van der Waals surface area contributed by atoms with Gasteiger partial charge in [-0.1, -0.05) is 0 Å². The van der Waals surface area contributed by atoms with E-state index in [1.54, 1.807) is 0 Å². The molecule has 2 rings (SSSR count). The highest BCUT2D eigenvalue weighted by molar-refractivity contribution is 7.89. The Kier molecular flexibility index (Phi) is 6.88. The molecule has 0 bridgehead atoms. The molecular weight excluding hydrogens is 348 g/mol. The predicted molar refractivity (Wildman–Crippen MR) is 106 cm³/mol. The molecular formula is C20H35N2O3S+. The Hall–Kier alpha value is -0.950. The smallest absolute Gasteiger partial charge is 0.241 e. The van der Waals surface area contributed by atoms with Crippen molar-refractivity contribution in [3.8, 4) is 0 Å². The summed E-state index contributed by atoms with van der Waals surface area (Å²) < 4.78 is 34.4. The second kappa shape index (κ2) is 8.38. The number of ether oxygens (including phenoxy) is 1. The van der Waals surface area contributed by atoms with Gasteiger partial charge in [0, 0.05) is 13.0 Å². The van der Waals surface area contributed by atoms with Crippen LogP contribution in [0.1, 0.15) is 48.1 Å². The molecule has 1 aromatic rings. The number of benzene rings is 1. The lowest BCUT2D eigenvalue weighted by Crippen LogP contribution is -3.15. The lowest BCUT2D eigenvalue weighted by molar-refractivity contribution is -0.915. The highest BCUT2D eigenvalue weighted by atomic mass is 32.2. The lowest BCUT2D eigenvalue weighted by atomic mass is 9.95. The van der Waals surface area contributed by atoms with Crippen molar-refractivity contribution < 1.29 is 18.1 Å². The average Bonchev–Trinajstić information content (AvgIpc) is 2.54. The normalized spacial score (nSPS) is 24.0. The maximum Gasteiger partial charge on any atom is 0.241 e. The largest absolute Gasteiger partial charge is 0.364 e. The van der Waals surface area contributed by atoms with Crippen molar-refractivity contribution >= 4 is 10.0 Å². The molecule has 1 aliphatic rings. The van der Waals surface area contributed by atoms with Crippen LogP contribution in [-0.4, -0.2) is 46.8 Å². The first-order valence-electron chi connectivity index (χ1n) is 9.60. The molecule has 2 atom stereocenters. The molecule has 1 aromatic carbocycles. The van der Waals surface area contributed by atoms with E-state index in [9.17, 15) is 8.42 Å². The zero-order chi connectivity index (χ0) is 19.6. The summed E-state index contributed by atoms with van der Waals surface area (Å²) in [6.45, 7) is 17.5. The van der Waals surface area contributed by atoms with Crippen molar-refractivity contribution in [2.24, 2.45) is 0 Å². The van der Waals surface area contributed by atoms with Crippen LogP contribution in [0, 0.1) is 34.6 Å². The Morgan fingerprint density at radius 2 is 1.38 bits per heavy atom. The third-order valence-electron chi connectivity index (χ3n) is 5.82. The molecule has 0 amide bonds. The van der Waals surface area contributed by atoms with Crippen LogP contribution in [0.2, 0.25) is 0 Å². The minimum Gasteiger partial charge on any atom is -0.364 e. The van der Waals surface area contributed by atoms with E-state index >= 15 is 0 Å². The van der Waals surface area contributed by atoms with Crippen LogP contribution in [0.15, 0.2) is 4.90 Å². The van der Waals surface area contributed by atoms with Gasteiger partial charge in [0.15, 0.2) is 0 Å². The molecule has 0 aliphatic carbocycles. The summed E-state index contributed by atoms with van der Waals surface area (Å²) >= 11 is 0. The average molecular weight is 384 g/mol. The van der Waals surface area contributed by atoms with E-state index in [0.717, 1.165) is 48.3 Å². The minimum atomic E-state index is -3.49. The Morgan fingerprint density at radius 1 is 0.923 bits per heavy atom. The van der Waals surface area contributed by atoms with Gasteiger partial charge in [-0.05, 0) is 76.3 Å². The van der Waals surface area contributed by atoms with E-state index in [-0.39, 0.29) is 12.2 Å². The van der Waals surface area contributed by atoms with Gasteiger partial charge in [0.05, 0.1) is 11.4 Å². The van der Waals surface area contributed by atoms with Gasteiger partial charge in [0.25, 0.3) is 0 Å². The van der Waals surface area contributed by atoms with Crippen molar-refractivity contribution in [2.75, 3.05) is 26.2 Å². The number of quaternary nitrogens is 1. The lowest BCUT2D eigenvalue weighted by Gasteiger charge is -2.32. The second-order valence-corrected chi connectivity index (χ2v) is 9.57. The summed E-state index contributed by atoms with van der Waals surface area (Å²) in [6, 6.07) is 0. The maximum absolute atomic E-state index is 12.9. The number of hydrogen-bond donors (Lipinski definition) is 2. The number of hydrogen-bond acceptors (Lipinski definition) is 3. The third-order valence-corrected chi connectivity index (χ3v) is 7.55. The molecule has 0 unspecified atom stereocenters. The van der Waals surface area contributed by atoms with Gasteiger partial charge in [-0.2, -0.15) is 0 Å². The SMILES string of the molecule is Cc1c(C)c(C)c(S(=O)(=O)NCCC[NH+]2C[C@H](C)O[C@@H](C)C2)c(C)c1C. The third kappa shape index (κ3) is 4.66. The summed E-state index contributed by atoms with van der Waals surface area (Å²) in [5.41, 5.74) is 5.03. The Morgan fingerprint density at radius 3 is 1.88 bits per heavy atom. The van der Waals surface area contributed by atoms with E-state index in [4.69, 9.17) is 4.74 Å². The maximum atomic E-state index is 12.9. The van der Waals surface area contributed by atoms with Crippen LogP contribution in [0.25, 0.3) is 0 Å². The second-order valence-electron chi connectivity index (χ2n) is 7.87. The Bertz CT molecular complexity index is 720. The van der Waals surface area contributed by atoms with Crippen molar-refractivity contribution in [3.63, 3.8) is 0 Å². The summed E-state index contributed by atoms with van der Waals surface area (Å²) in [4.78, 5) is 1.95.